The number of allylic oxidation sites excluding steroid dienone is 1. The Hall–Kier alpha value is -4.86. The standard InChI is InChI=1S/C30H28O10/c1-33-20-9-7-15(27(36-4)30(20)38-6)11-21-26(32)17-8-10-19-25(28(17)40-21)18(14-24(31)39-19)16-12-22(34-2)29(37-5)23(13-16)35-3/h7-13,18H,14H2,1-6H3/b21-11-. The van der Waals surface area contributed by atoms with Crippen molar-refractivity contribution in [3.63, 3.8) is 0 Å². The van der Waals surface area contributed by atoms with Gasteiger partial charge in [-0.2, -0.15) is 0 Å². The fourth-order valence-corrected chi connectivity index (χ4v) is 5.07. The van der Waals surface area contributed by atoms with Crippen LogP contribution in [-0.4, -0.2) is 54.4 Å². The molecule has 10 heteroatoms. The van der Waals surface area contributed by atoms with Gasteiger partial charge in [-0.25, -0.2) is 0 Å². The van der Waals surface area contributed by atoms with E-state index in [1.165, 1.54) is 42.7 Å². The molecule has 0 spiro atoms. The molecule has 10 nitrogen and oxygen atoms in total. The number of carbonyl (C=O) groups excluding carboxylic acids is 2. The number of Topliss-reactive ketones (excluding diaryl/α,β-unsaturated/α-hetero) is 1. The van der Waals surface area contributed by atoms with Gasteiger partial charge >= 0.3 is 5.97 Å². The van der Waals surface area contributed by atoms with Gasteiger partial charge in [0.2, 0.25) is 17.3 Å². The van der Waals surface area contributed by atoms with Gasteiger partial charge < -0.3 is 37.9 Å². The van der Waals surface area contributed by atoms with Gasteiger partial charge in [0.1, 0.15) is 11.5 Å². The zero-order valence-corrected chi connectivity index (χ0v) is 22.9. The van der Waals surface area contributed by atoms with Crippen molar-refractivity contribution in [2.45, 2.75) is 12.3 Å². The second-order valence-electron chi connectivity index (χ2n) is 8.91. The molecule has 0 aliphatic carbocycles. The third kappa shape index (κ3) is 4.31. The van der Waals surface area contributed by atoms with E-state index in [2.05, 4.69) is 0 Å². The van der Waals surface area contributed by atoms with Crippen molar-refractivity contribution in [1.29, 1.82) is 0 Å². The van der Waals surface area contributed by atoms with Gasteiger partial charge in [0.15, 0.2) is 28.8 Å². The average molecular weight is 549 g/mol. The summed E-state index contributed by atoms with van der Waals surface area (Å²) >= 11 is 0. The Morgan fingerprint density at radius 2 is 1.38 bits per heavy atom. The number of hydrogen-bond donors (Lipinski definition) is 0. The molecule has 2 aliphatic heterocycles. The number of methoxy groups -OCH3 is 6. The van der Waals surface area contributed by atoms with E-state index in [1.54, 1.807) is 42.5 Å². The topological polar surface area (TPSA) is 108 Å². The number of rotatable bonds is 8. The fraction of sp³-hybridized carbons (Fsp3) is 0.267. The van der Waals surface area contributed by atoms with Crippen molar-refractivity contribution in [3.8, 4) is 46.0 Å². The summed E-state index contributed by atoms with van der Waals surface area (Å²) in [6.45, 7) is 0. The molecule has 0 saturated carbocycles. The van der Waals surface area contributed by atoms with Crippen LogP contribution in [0.2, 0.25) is 0 Å². The van der Waals surface area contributed by atoms with E-state index in [9.17, 15) is 9.59 Å². The monoisotopic (exact) mass is 548 g/mol. The summed E-state index contributed by atoms with van der Waals surface area (Å²) in [5, 5.41) is 0. The molecule has 1 atom stereocenters. The van der Waals surface area contributed by atoms with E-state index in [-0.39, 0.29) is 18.0 Å². The SMILES string of the molecule is COc1cc(C2CC(=O)Oc3ccc4c(c32)O/C(=C\c2ccc(OC)c(OC)c2OC)C4=O)cc(OC)c1OC. The summed E-state index contributed by atoms with van der Waals surface area (Å²) in [5.74, 6) is 1.99. The molecule has 2 aliphatic rings. The molecule has 0 aromatic heterocycles. The minimum Gasteiger partial charge on any atom is -0.493 e. The van der Waals surface area contributed by atoms with E-state index in [0.29, 0.717) is 68.2 Å². The largest absolute Gasteiger partial charge is 0.493 e. The molecule has 5 rings (SSSR count). The van der Waals surface area contributed by atoms with Crippen LogP contribution in [0.4, 0.5) is 0 Å². The number of ketones is 1. The Labute approximate surface area is 230 Å². The maximum atomic E-state index is 13.5. The Balaban J connectivity index is 1.63. The highest BCUT2D eigenvalue weighted by Crippen LogP contribution is 2.51. The van der Waals surface area contributed by atoms with Gasteiger partial charge in [-0.05, 0) is 48.0 Å². The van der Waals surface area contributed by atoms with Gasteiger partial charge in [0.05, 0.1) is 54.6 Å². The van der Waals surface area contributed by atoms with E-state index in [4.69, 9.17) is 37.9 Å². The Kier molecular flexibility index (Phi) is 7.17. The molecule has 0 amide bonds. The quantitative estimate of drug-likeness (QED) is 0.221. The normalized spacial score (nSPS) is 16.4. The molecule has 3 aromatic carbocycles. The highest BCUT2D eigenvalue weighted by atomic mass is 16.5. The number of hydrogen-bond acceptors (Lipinski definition) is 10. The summed E-state index contributed by atoms with van der Waals surface area (Å²) < 4.78 is 44.7. The van der Waals surface area contributed by atoms with Gasteiger partial charge in [-0.15, -0.1) is 0 Å². The van der Waals surface area contributed by atoms with Crippen molar-refractivity contribution in [2.24, 2.45) is 0 Å². The first kappa shape index (κ1) is 26.7. The second kappa shape index (κ2) is 10.7. The van der Waals surface area contributed by atoms with Crippen LogP contribution < -0.4 is 37.9 Å². The molecule has 1 unspecified atom stereocenters. The molecule has 0 N–H and O–H groups in total. The molecule has 0 fully saturated rings. The first-order valence-electron chi connectivity index (χ1n) is 12.3. The van der Waals surface area contributed by atoms with Crippen molar-refractivity contribution >= 4 is 17.8 Å². The van der Waals surface area contributed by atoms with Crippen LogP contribution in [0.25, 0.3) is 6.08 Å². The van der Waals surface area contributed by atoms with E-state index < -0.39 is 11.9 Å². The van der Waals surface area contributed by atoms with Crippen molar-refractivity contribution in [1.82, 2.24) is 0 Å². The lowest BCUT2D eigenvalue weighted by Crippen LogP contribution is -2.21. The predicted molar refractivity (Wildman–Crippen MR) is 144 cm³/mol. The van der Waals surface area contributed by atoms with Crippen molar-refractivity contribution in [3.05, 3.63) is 64.4 Å². The summed E-state index contributed by atoms with van der Waals surface area (Å²) in [5.41, 5.74) is 2.18. The Bertz CT molecular complexity index is 1510. The highest BCUT2D eigenvalue weighted by Gasteiger charge is 2.39. The van der Waals surface area contributed by atoms with Crippen LogP contribution in [0.1, 0.15) is 39.4 Å². The molecule has 2 heterocycles. The third-order valence-corrected chi connectivity index (χ3v) is 6.89. The molecule has 0 radical (unpaired) electrons. The predicted octanol–water partition coefficient (Wildman–Crippen LogP) is 4.80. The van der Waals surface area contributed by atoms with Crippen LogP contribution in [0.3, 0.4) is 0 Å². The van der Waals surface area contributed by atoms with Crippen LogP contribution >= 0.6 is 0 Å². The maximum Gasteiger partial charge on any atom is 0.312 e. The number of esters is 1. The van der Waals surface area contributed by atoms with Gasteiger partial charge in [-0.3, -0.25) is 9.59 Å². The fourth-order valence-electron chi connectivity index (χ4n) is 5.07. The highest BCUT2D eigenvalue weighted by molar-refractivity contribution is 6.15. The summed E-state index contributed by atoms with van der Waals surface area (Å²) in [6, 6.07) is 10.2. The van der Waals surface area contributed by atoms with Crippen molar-refractivity contribution < 1.29 is 47.5 Å². The van der Waals surface area contributed by atoms with Crippen LogP contribution in [-0.2, 0) is 4.79 Å². The van der Waals surface area contributed by atoms with Gasteiger partial charge in [0, 0.05) is 17.0 Å². The lowest BCUT2D eigenvalue weighted by atomic mass is 9.84. The minimum atomic E-state index is -0.511. The van der Waals surface area contributed by atoms with Gasteiger partial charge in [-0.1, -0.05) is 0 Å². The first-order chi connectivity index (χ1) is 19.4. The lowest BCUT2D eigenvalue weighted by molar-refractivity contribution is -0.135. The molecule has 0 bridgehead atoms. The second-order valence-corrected chi connectivity index (χ2v) is 8.91. The summed E-state index contributed by atoms with van der Waals surface area (Å²) in [4.78, 5) is 26.1. The van der Waals surface area contributed by atoms with E-state index >= 15 is 0 Å². The Morgan fingerprint density at radius 1 is 0.725 bits per heavy atom. The number of ether oxygens (including phenoxy) is 8. The summed E-state index contributed by atoms with van der Waals surface area (Å²) in [6.07, 6.45) is 1.60. The van der Waals surface area contributed by atoms with Gasteiger partial charge in [0.25, 0.3) is 0 Å². The first-order valence-corrected chi connectivity index (χ1v) is 12.3. The maximum absolute atomic E-state index is 13.5. The zero-order chi connectivity index (χ0) is 28.6. The average Bonchev–Trinajstić information content (AvgIpc) is 3.29. The van der Waals surface area contributed by atoms with Crippen LogP contribution in [0, 0.1) is 0 Å². The molecule has 3 aromatic rings. The number of benzene rings is 3. The smallest absolute Gasteiger partial charge is 0.312 e. The van der Waals surface area contributed by atoms with E-state index in [0.717, 1.165) is 0 Å². The third-order valence-electron chi connectivity index (χ3n) is 6.89. The van der Waals surface area contributed by atoms with Crippen LogP contribution in [0.15, 0.2) is 42.2 Å². The Morgan fingerprint density at radius 3 is 1.98 bits per heavy atom. The molecular formula is C30H28O10. The molecule has 40 heavy (non-hydrogen) atoms. The molecule has 0 saturated heterocycles. The summed E-state index contributed by atoms with van der Waals surface area (Å²) in [7, 11) is 9.07. The van der Waals surface area contributed by atoms with Crippen LogP contribution in [0.5, 0.6) is 46.0 Å². The molecular weight excluding hydrogens is 520 g/mol. The number of carbonyl (C=O) groups is 2. The molecule has 208 valence electrons. The zero-order valence-electron chi connectivity index (χ0n) is 22.9. The van der Waals surface area contributed by atoms with Crippen molar-refractivity contribution in [2.75, 3.05) is 42.7 Å². The van der Waals surface area contributed by atoms with E-state index in [1.807, 2.05) is 0 Å². The minimum absolute atomic E-state index is 0.0161. The lowest BCUT2D eigenvalue weighted by Gasteiger charge is -2.27. The number of fused-ring (bicyclic) bond motifs is 3.